The molecule has 96 valence electrons. The van der Waals surface area contributed by atoms with Crippen LogP contribution in [0, 0.1) is 3.57 Å². The van der Waals surface area contributed by atoms with Gasteiger partial charge in [-0.3, -0.25) is 0 Å². The third kappa shape index (κ3) is 3.24. The molecule has 1 heterocycles. The molecule has 2 nitrogen and oxygen atoms in total. The average molecular weight is 373 g/mol. The van der Waals surface area contributed by atoms with Gasteiger partial charge in [-0.25, -0.2) is 0 Å². The smallest absolute Gasteiger partial charge is 0.140 e. The van der Waals surface area contributed by atoms with E-state index in [0.717, 1.165) is 21.3 Å². The number of hydrogen-bond donors (Lipinski definition) is 1. The molecule has 0 bridgehead atoms. The van der Waals surface area contributed by atoms with E-state index in [9.17, 15) is 0 Å². The number of ether oxygens (including phenoxy) is 1. The van der Waals surface area contributed by atoms with Gasteiger partial charge in [0.25, 0.3) is 0 Å². The van der Waals surface area contributed by atoms with E-state index >= 15 is 0 Å². The van der Waals surface area contributed by atoms with E-state index in [1.807, 2.05) is 24.3 Å². The summed E-state index contributed by atoms with van der Waals surface area (Å²) >= 11 is 3.96. The van der Waals surface area contributed by atoms with Gasteiger partial charge in [0, 0.05) is 11.6 Å². The predicted molar refractivity (Wildman–Crippen MR) is 85.1 cm³/mol. The van der Waals surface area contributed by atoms with Crippen LogP contribution in [0.15, 0.2) is 41.1 Å². The summed E-state index contributed by atoms with van der Waals surface area (Å²) in [6, 6.07) is 10.1. The molecule has 0 saturated carbocycles. The molecule has 0 fully saturated rings. The van der Waals surface area contributed by atoms with Gasteiger partial charge < -0.3 is 10.5 Å². The van der Waals surface area contributed by atoms with E-state index in [4.69, 9.17) is 10.5 Å². The van der Waals surface area contributed by atoms with Gasteiger partial charge >= 0.3 is 0 Å². The van der Waals surface area contributed by atoms with Crippen molar-refractivity contribution in [1.29, 1.82) is 0 Å². The lowest BCUT2D eigenvalue weighted by atomic mass is 10.0. The molecule has 0 aliphatic heterocycles. The van der Waals surface area contributed by atoms with Crippen molar-refractivity contribution < 1.29 is 4.74 Å². The maximum Gasteiger partial charge on any atom is 0.140 e. The van der Waals surface area contributed by atoms with Gasteiger partial charge in [-0.2, -0.15) is 11.3 Å². The van der Waals surface area contributed by atoms with Crippen molar-refractivity contribution >= 4 is 33.9 Å². The van der Waals surface area contributed by atoms with Gasteiger partial charge in [-0.1, -0.05) is 19.1 Å². The SMILES string of the molecule is CCC(N)C(Oc1ccccc1I)c1ccsc1. The molecule has 1 aromatic carbocycles. The van der Waals surface area contributed by atoms with E-state index < -0.39 is 0 Å². The van der Waals surface area contributed by atoms with Crippen molar-refractivity contribution in [1.82, 2.24) is 0 Å². The Morgan fingerprint density at radius 2 is 2.11 bits per heavy atom. The summed E-state index contributed by atoms with van der Waals surface area (Å²) in [5.74, 6) is 0.901. The molecule has 4 heteroatoms. The van der Waals surface area contributed by atoms with E-state index in [0.29, 0.717) is 0 Å². The van der Waals surface area contributed by atoms with Crippen LogP contribution in [0.3, 0.4) is 0 Å². The predicted octanol–water partition coefficient (Wildman–Crippen LogP) is 4.21. The number of rotatable bonds is 5. The van der Waals surface area contributed by atoms with Crippen LogP contribution in [0.1, 0.15) is 25.0 Å². The first kappa shape index (κ1) is 13.8. The Bertz CT molecular complexity index is 486. The zero-order valence-electron chi connectivity index (χ0n) is 10.2. The third-order valence-electron chi connectivity index (χ3n) is 2.82. The molecule has 0 radical (unpaired) electrons. The molecule has 2 unspecified atom stereocenters. The number of nitrogens with two attached hydrogens (primary N) is 1. The van der Waals surface area contributed by atoms with Crippen molar-refractivity contribution in [2.75, 3.05) is 0 Å². The Labute approximate surface area is 125 Å². The number of para-hydroxylation sites is 1. The monoisotopic (exact) mass is 373 g/mol. The van der Waals surface area contributed by atoms with Crippen molar-refractivity contribution in [2.24, 2.45) is 5.73 Å². The topological polar surface area (TPSA) is 35.2 Å². The van der Waals surface area contributed by atoms with Crippen LogP contribution in [0.4, 0.5) is 0 Å². The summed E-state index contributed by atoms with van der Waals surface area (Å²) in [7, 11) is 0. The molecule has 2 rings (SSSR count). The van der Waals surface area contributed by atoms with E-state index in [1.165, 1.54) is 0 Å². The highest BCUT2D eigenvalue weighted by Gasteiger charge is 2.21. The fourth-order valence-corrected chi connectivity index (χ4v) is 2.93. The molecule has 0 aliphatic rings. The number of thiophene rings is 1. The summed E-state index contributed by atoms with van der Waals surface area (Å²) in [4.78, 5) is 0. The quantitative estimate of drug-likeness (QED) is 0.797. The Kier molecular flexibility index (Phi) is 5.03. The Morgan fingerprint density at radius 3 is 2.72 bits per heavy atom. The third-order valence-corrected chi connectivity index (χ3v) is 4.42. The molecule has 0 saturated heterocycles. The van der Waals surface area contributed by atoms with Crippen molar-refractivity contribution in [2.45, 2.75) is 25.5 Å². The van der Waals surface area contributed by atoms with Gasteiger partial charge in [-0.05, 0) is 58.0 Å². The minimum absolute atomic E-state index is 0.00982. The average Bonchev–Trinajstić information content (AvgIpc) is 2.90. The van der Waals surface area contributed by atoms with Crippen molar-refractivity contribution in [3.8, 4) is 5.75 Å². The largest absolute Gasteiger partial charge is 0.483 e. The second kappa shape index (κ2) is 6.54. The van der Waals surface area contributed by atoms with Crippen LogP contribution in [0.5, 0.6) is 5.75 Å². The van der Waals surface area contributed by atoms with E-state index in [2.05, 4.69) is 46.3 Å². The standard InChI is InChI=1S/C14H16INOS/c1-2-12(16)14(10-7-8-18-9-10)17-13-6-4-3-5-11(13)15/h3-9,12,14H,2,16H2,1H3. The lowest BCUT2D eigenvalue weighted by Crippen LogP contribution is -2.31. The Balaban J connectivity index is 2.24. The minimum Gasteiger partial charge on any atom is -0.483 e. The normalized spacial score (nSPS) is 14.2. The summed E-state index contributed by atoms with van der Waals surface area (Å²) in [5, 5.41) is 4.17. The molecule has 0 aliphatic carbocycles. The van der Waals surface area contributed by atoms with Gasteiger partial charge in [-0.15, -0.1) is 0 Å². The van der Waals surface area contributed by atoms with Crippen LogP contribution in [0.2, 0.25) is 0 Å². The first-order valence-electron chi connectivity index (χ1n) is 5.91. The molecule has 2 N–H and O–H groups in total. The van der Waals surface area contributed by atoms with Crippen LogP contribution >= 0.6 is 33.9 Å². The van der Waals surface area contributed by atoms with E-state index in [1.54, 1.807) is 11.3 Å². The highest BCUT2D eigenvalue weighted by atomic mass is 127. The molecule has 2 aromatic rings. The fourth-order valence-electron chi connectivity index (χ4n) is 1.73. The number of halogens is 1. The summed E-state index contributed by atoms with van der Waals surface area (Å²) in [6.07, 6.45) is 0.821. The van der Waals surface area contributed by atoms with Crippen LogP contribution in [-0.4, -0.2) is 6.04 Å². The summed E-state index contributed by atoms with van der Waals surface area (Å²) in [6.45, 7) is 2.09. The summed E-state index contributed by atoms with van der Waals surface area (Å²) < 4.78 is 7.23. The molecule has 1 aromatic heterocycles. The van der Waals surface area contributed by atoms with E-state index in [-0.39, 0.29) is 12.1 Å². The Hall–Kier alpha value is -0.590. The minimum atomic E-state index is -0.0721. The maximum absolute atomic E-state index is 6.18. The lowest BCUT2D eigenvalue weighted by Gasteiger charge is -2.24. The van der Waals surface area contributed by atoms with Crippen LogP contribution in [-0.2, 0) is 0 Å². The lowest BCUT2D eigenvalue weighted by molar-refractivity contribution is 0.170. The molecular weight excluding hydrogens is 357 g/mol. The van der Waals surface area contributed by atoms with Gasteiger partial charge in [0.05, 0.1) is 3.57 Å². The first-order chi connectivity index (χ1) is 8.72. The van der Waals surface area contributed by atoms with Crippen molar-refractivity contribution in [3.05, 3.63) is 50.2 Å². The second-order valence-electron chi connectivity index (χ2n) is 4.10. The molecule has 0 spiro atoms. The Morgan fingerprint density at radius 1 is 1.33 bits per heavy atom. The molecular formula is C14H16INOS. The summed E-state index contributed by atoms with van der Waals surface area (Å²) in [5.41, 5.74) is 7.34. The number of hydrogen-bond acceptors (Lipinski definition) is 3. The highest BCUT2D eigenvalue weighted by Crippen LogP contribution is 2.29. The van der Waals surface area contributed by atoms with Crippen molar-refractivity contribution in [3.63, 3.8) is 0 Å². The number of benzene rings is 1. The highest BCUT2D eigenvalue weighted by molar-refractivity contribution is 14.1. The van der Waals surface area contributed by atoms with Gasteiger partial charge in [0.1, 0.15) is 11.9 Å². The van der Waals surface area contributed by atoms with Crippen LogP contribution < -0.4 is 10.5 Å². The maximum atomic E-state index is 6.18. The van der Waals surface area contributed by atoms with Gasteiger partial charge in [0.15, 0.2) is 0 Å². The van der Waals surface area contributed by atoms with Gasteiger partial charge in [0.2, 0.25) is 0 Å². The van der Waals surface area contributed by atoms with Crippen LogP contribution in [0.25, 0.3) is 0 Å². The first-order valence-corrected chi connectivity index (χ1v) is 7.93. The zero-order valence-corrected chi connectivity index (χ0v) is 13.1. The zero-order chi connectivity index (χ0) is 13.0. The fraction of sp³-hybridized carbons (Fsp3) is 0.286. The second-order valence-corrected chi connectivity index (χ2v) is 6.04. The molecule has 0 amide bonds. The molecule has 18 heavy (non-hydrogen) atoms. The molecule has 2 atom stereocenters.